The van der Waals surface area contributed by atoms with Gasteiger partial charge in [-0.3, -0.25) is 9.69 Å². The van der Waals surface area contributed by atoms with Gasteiger partial charge in [0.1, 0.15) is 5.82 Å². The molecule has 0 atom stereocenters. The van der Waals surface area contributed by atoms with Crippen molar-refractivity contribution in [2.45, 2.75) is 37.6 Å². The molecule has 34 heavy (non-hydrogen) atoms. The monoisotopic (exact) mass is 453 g/mol. The van der Waals surface area contributed by atoms with Gasteiger partial charge in [0.2, 0.25) is 5.91 Å². The normalized spacial score (nSPS) is 16.9. The van der Waals surface area contributed by atoms with E-state index in [9.17, 15) is 9.18 Å². The van der Waals surface area contributed by atoms with Crippen LogP contribution in [0.3, 0.4) is 0 Å². The minimum absolute atomic E-state index is 0.105. The van der Waals surface area contributed by atoms with E-state index in [1.807, 2.05) is 59.5 Å². The van der Waals surface area contributed by atoms with E-state index in [2.05, 4.69) is 11.0 Å². The van der Waals surface area contributed by atoms with Crippen molar-refractivity contribution < 1.29 is 9.18 Å². The lowest BCUT2D eigenvalue weighted by molar-refractivity contribution is -0.118. The van der Waals surface area contributed by atoms with Crippen molar-refractivity contribution in [3.8, 4) is 6.07 Å². The van der Waals surface area contributed by atoms with Gasteiger partial charge in [0.25, 0.3) is 0 Å². The fraction of sp³-hybridized carbons (Fsp3) is 0.310. The van der Waals surface area contributed by atoms with Crippen molar-refractivity contribution in [2.75, 3.05) is 24.5 Å². The number of amides is 1. The summed E-state index contributed by atoms with van der Waals surface area (Å²) < 4.78 is 14.3. The summed E-state index contributed by atoms with van der Waals surface area (Å²) in [5.41, 5.74) is 4.67. The van der Waals surface area contributed by atoms with E-state index in [1.54, 1.807) is 12.1 Å². The molecule has 3 aromatic carbocycles. The maximum absolute atomic E-state index is 14.3. The minimum Gasteiger partial charge on any atom is -0.311 e. The third kappa shape index (κ3) is 4.47. The van der Waals surface area contributed by atoms with Crippen LogP contribution in [0.4, 0.5) is 10.1 Å². The van der Waals surface area contributed by atoms with Gasteiger partial charge in [-0.1, -0.05) is 42.5 Å². The summed E-state index contributed by atoms with van der Waals surface area (Å²) in [4.78, 5) is 17.6. The van der Waals surface area contributed by atoms with Crippen LogP contribution in [-0.2, 0) is 23.2 Å². The van der Waals surface area contributed by atoms with E-state index >= 15 is 0 Å². The van der Waals surface area contributed by atoms with Gasteiger partial charge >= 0.3 is 0 Å². The summed E-state index contributed by atoms with van der Waals surface area (Å²) in [5, 5.41) is 9.00. The highest BCUT2D eigenvalue weighted by molar-refractivity contribution is 5.96. The molecular formula is C29H28FN3O. The number of rotatable bonds is 5. The lowest BCUT2D eigenvalue weighted by Crippen LogP contribution is -2.45. The van der Waals surface area contributed by atoms with Gasteiger partial charge in [0.05, 0.1) is 11.6 Å². The molecule has 1 fully saturated rings. The number of hydrogen-bond donors (Lipinski definition) is 0. The van der Waals surface area contributed by atoms with E-state index in [0.717, 1.165) is 49.3 Å². The molecule has 5 rings (SSSR count). The Bertz CT molecular complexity index is 1210. The van der Waals surface area contributed by atoms with E-state index in [1.165, 1.54) is 11.6 Å². The Morgan fingerprint density at radius 2 is 1.71 bits per heavy atom. The molecule has 3 aromatic rings. The molecule has 0 bridgehead atoms. The molecule has 4 nitrogen and oxygen atoms in total. The second kappa shape index (κ2) is 9.40. The number of nitriles is 1. The Morgan fingerprint density at radius 3 is 2.41 bits per heavy atom. The number of fused-ring (bicyclic) bond motifs is 2. The largest absolute Gasteiger partial charge is 0.311 e. The Labute approximate surface area is 200 Å². The zero-order valence-corrected chi connectivity index (χ0v) is 19.2. The molecule has 2 aliphatic rings. The number of benzene rings is 3. The average Bonchev–Trinajstić information content (AvgIpc) is 3.18. The topological polar surface area (TPSA) is 47.3 Å². The van der Waals surface area contributed by atoms with Gasteiger partial charge < -0.3 is 4.90 Å². The van der Waals surface area contributed by atoms with Gasteiger partial charge in [-0.15, -0.1) is 0 Å². The number of aryl methyl sites for hydroxylation is 1. The number of carbonyl (C=O) groups excluding carboxylic acids is 1. The molecule has 1 spiro atoms. The number of piperidine rings is 1. The second-order valence-electron chi connectivity index (χ2n) is 9.49. The molecule has 1 amide bonds. The Morgan fingerprint density at radius 1 is 0.971 bits per heavy atom. The first-order valence-corrected chi connectivity index (χ1v) is 11.9. The molecule has 0 aliphatic carbocycles. The molecular weight excluding hydrogens is 425 g/mol. The van der Waals surface area contributed by atoms with E-state index in [-0.39, 0.29) is 17.1 Å². The summed E-state index contributed by atoms with van der Waals surface area (Å²) in [6.45, 7) is 3.24. The Hall–Kier alpha value is -3.49. The van der Waals surface area contributed by atoms with Crippen LogP contribution in [0.1, 0.15) is 41.5 Å². The number of carbonyl (C=O) groups is 1. The fourth-order valence-corrected chi connectivity index (χ4v) is 5.40. The maximum atomic E-state index is 14.3. The first-order valence-electron chi connectivity index (χ1n) is 11.9. The van der Waals surface area contributed by atoms with Crippen LogP contribution in [0.25, 0.3) is 0 Å². The number of anilines is 1. The lowest BCUT2D eigenvalue weighted by atomic mass is 9.74. The van der Waals surface area contributed by atoms with Crippen molar-refractivity contribution >= 4 is 11.6 Å². The summed E-state index contributed by atoms with van der Waals surface area (Å²) >= 11 is 0. The zero-order chi connectivity index (χ0) is 23.5. The quantitative estimate of drug-likeness (QED) is 0.533. The standard InChI is InChI=1S/C29H28FN3O/c30-25-11-12-27-26(18-25)29(21-33(27)28(34)13-10-22-4-2-1-3-5-22)14-16-32(17-15-29)20-24-8-6-23(19-31)7-9-24/h1-9,11-12,18H,10,13-17,20-21H2. The summed E-state index contributed by atoms with van der Waals surface area (Å²) in [6.07, 6.45) is 2.93. The second-order valence-corrected chi connectivity index (χ2v) is 9.49. The summed E-state index contributed by atoms with van der Waals surface area (Å²) in [6, 6.07) is 24.9. The van der Waals surface area contributed by atoms with Gasteiger partial charge in [0, 0.05) is 30.6 Å². The first kappa shape index (κ1) is 22.3. The smallest absolute Gasteiger partial charge is 0.227 e. The van der Waals surface area contributed by atoms with E-state index in [0.29, 0.717) is 24.9 Å². The molecule has 2 heterocycles. The van der Waals surface area contributed by atoms with Gasteiger partial charge in [-0.2, -0.15) is 5.26 Å². The van der Waals surface area contributed by atoms with Crippen LogP contribution < -0.4 is 4.90 Å². The fourth-order valence-electron chi connectivity index (χ4n) is 5.40. The van der Waals surface area contributed by atoms with Crippen molar-refractivity contribution in [2.24, 2.45) is 0 Å². The number of halogens is 1. The van der Waals surface area contributed by atoms with Gasteiger partial charge in [-0.05, 0) is 79.4 Å². The first-order chi connectivity index (χ1) is 16.6. The molecule has 0 unspecified atom stereocenters. The number of likely N-dealkylation sites (tertiary alicyclic amines) is 1. The van der Waals surface area contributed by atoms with Crippen LogP contribution in [0.2, 0.25) is 0 Å². The van der Waals surface area contributed by atoms with Crippen LogP contribution in [0.15, 0.2) is 72.8 Å². The van der Waals surface area contributed by atoms with Crippen LogP contribution in [-0.4, -0.2) is 30.4 Å². The minimum atomic E-state index is -0.239. The predicted molar refractivity (Wildman–Crippen MR) is 131 cm³/mol. The van der Waals surface area contributed by atoms with E-state index < -0.39 is 0 Å². The number of nitrogens with zero attached hydrogens (tertiary/aromatic N) is 3. The highest BCUT2D eigenvalue weighted by Crippen LogP contribution is 2.47. The Kier molecular flexibility index (Phi) is 6.17. The lowest BCUT2D eigenvalue weighted by Gasteiger charge is -2.40. The molecule has 2 aliphatic heterocycles. The van der Waals surface area contributed by atoms with Crippen LogP contribution >= 0.6 is 0 Å². The van der Waals surface area contributed by atoms with Crippen LogP contribution in [0.5, 0.6) is 0 Å². The van der Waals surface area contributed by atoms with Gasteiger partial charge in [0.15, 0.2) is 0 Å². The third-order valence-corrected chi connectivity index (χ3v) is 7.36. The summed E-state index contributed by atoms with van der Waals surface area (Å²) in [5.74, 6) is -0.134. The average molecular weight is 454 g/mol. The molecule has 1 saturated heterocycles. The van der Waals surface area contributed by atoms with Crippen molar-refractivity contribution in [3.05, 3.63) is 101 Å². The molecule has 0 aromatic heterocycles. The molecule has 0 saturated carbocycles. The third-order valence-electron chi connectivity index (χ3n) is 7.36. The van der Waals surface area contributed by atoms with Crippen molar-refractivity contribution in [3.63, 3.8) is 0 Å². The van der Waals surface area contributed by atoms with Crippen molar-refractivity contribution in [1.82, 2.24) is 4.90 Å². The van der Waals surface area contributed by atoms with Gasteiger partial charge in [-0.25, -0.2) is 4.39 Å². The van der Waals surface area contributed by atoms with E-state index in [4.69, 9.17) is 5.26 Å². The predicted octanol–water partition coefficient (Wildman–Crippen LogP) is 5.21. The SMILES string of the molecule is N#Cc1ccc(CN2CCC3(CC2)CN(C(=O)CCc2ccccc2)c2ccc(F)cc23)cc1. The van der Waals surface area contributed by atoms with Crippen molar-refractivity contribution in [1.29, 1.82) is 5.26 Å². The Balaban J connectivity index is 1.29. The maximum Gasteiger partial charge on any atom is 0.227 e. The van der Waals surface area contributed by atoms with Crippen LogP contribution in [0, 0.1) is 17.1 Å². The highest BCUT2D eigenvalue weighted by atomic mass is 19.1. The zero-order valence-electron chi connectivity index (χ0n) is 19.2. The highest BCUT2D eigenvalue weighted by Gasteiger charge is 2.46. The number of hydrogen-bond acceptors (Lipinski definition) is 3. The summed E-state index contributed by atoms with van der Waals surface area (Å²) in [7, 11) is 0. The molecule has 5 heteroatoms. The molecule has 172 valence electrons. The molecule has 0 N–H and O–H groups in total. The molecule has 0 radical (unpaired) electrons.